The summed E-state index contributed by atoms with van der Waals surface area (Å²) in [4.78, 5) is 13.5. The lowest BCUT2D eigenvalue weighted by molar-refractivity contribution is -0.149. The summed E-state index contributed by atoms with van der Waals surface area (Å²) < 4.78 is 18.8. The molecule has 0 radical (unpaired) electrons. The van der Waals surface area contributed by atoms with E-state index in [1.165, 1.54) is 17.0 Å². The van der Waals surface area contributed by atoms with Crippen LogP contribution in [-0.2, 0) is 4.79 Å². The highest BCUT2D eigenvalue weighted by atomic mass is 19.1. The van der Waals surface area contributed by atoms with Gasteiger partial charge in [-0.3, -0.25) is 4.79 Å². The first kappa shape index (κ1) is 12.8. The Morgan fingerprint density at radius 3 is 2.78 bits per heavy atom. The van der Waals surface area contributed by atoms with Gasteiger partial charge in [0.1, 0.15) is 0 Å². The smallest absolute Gasteiger partial charge is 0.263 e. The molecule has 1 atom stereocenters. The van der Waals surface area contributed by atoms with Gasteiger partial charge in [-0.25, -0.2) is 4.39 Å². The van der Waals surface area contributed by atoms with Gasteiger partial charge in [0.15, 0.2) is 17.7 Å². The van der Waals surface area contributed by atoms with Crippen LogP contribution in [0.25, 0.3) is 0 Å². The number of ether oxygens (including phenoxy) is 1. The lowest BCUT2D eigenvalue weighted by Gasteiger charge is -2.37. The lowest BCUT2D eigenvalue weighted by atomic mass is 10.1. The molecular weight excluding hydrogens is 237 g/mol. The molecule has 1 aliphatic heterocycles. The van der Waals surface area contributed by atoms with E-state index in [1.54, 1.807) is 19.1 Å². The Morgan fingerprint density at radius 2 is 2.22 bits per heavy atom. The van der Waals surface area contributed by atoms with Gasteiger partial charge in [-0.05, 0) is 18.6 Å². The number of para-hydroxylation sites is 1. The minimum atomic E-state index is -0.700. The molecule has 1 heterocycles. The SMILES string of the molecule is CCC(Oc1ccccc1F)C(=O)N1CC(O)C1. The van der Waals surface area contributed by atoms with E-state index >= 15 is 0 Å². The normalized spacial score (nSPS) is 17.2. The number of amides is 1. The van der Waals surface area contributed by atoms with Crippen LogP contribution in [-0.4, -0.2) is 41.2 Å². The highest BCUT2D eigenvalue weighted by molar-refractivity contribution is 5.82. The summed E-state index contributed by atoms with van der Waals surface area (Å²) >= 11 is 0. The van der Waals surface area contributed by atoms with Crippen LogP contribution in [0.5, 0.6) is 5.75 Å². The predicted molar refractivity (Wildman–Crippen MR) is 63.7 cm³/mol. The fraction of sp³-hybridized carbons (Fsp3) is 0.462. The first-order valence-corrected chi connectivity index (χ1v) is 6.00. The molecule has 1 saturated heterocycles. The molecule has 98 valence electrons. The number of aliphatic hydroxyl groups excluding tert-OH is 1. The second-order valence-corrected chi connectivity index (χ2v) is 4.34. The van der Waals surface area contributed by atoms with Gasteiger partial charge in [-0.2, -0.15) is 0 Å². The molecule has 0 aliphatic carbocycles. The van der Waals surface area contributed by atoms with Gasteiger partial charge >= 0.3 is 0 Å². The van der Waals surface area contributed by atoms with Crippen molar-refractivity contribution in [2.45, 2.75) is 25.6 Å². The maximum atomic E-state index is 13.4. The fourth-order valence-corrected chi connectivity index (χ4v) is 1.84. The summed E-state index contributed by atoms with van der Waals surface area (Å²) in [5.74, 6) is -0.600. The first-order valence-electron chi connectivity index (χ1n) is 6.00. The number of β-amino-alcohol motifs (C(OH)–C–C–N with tert-alkyl or cyclic N) is 1. The van der Waals surface area contributed by atoms with Crippen LogP contribution in [0.2, 0.25) is 0 Å². The van der Waals surface area contributed by atoms with Crippen molar-refractivity contribution in [1.82, 2.24) is 4.90 Å². The van der Waals surface area contributed by atoms with E-state index in [-0.39, 0.29) is 11.7 Å². The van der Waals surface area contributed by atoms with E-state index in [2.05, 4.69) is 0 Å². The minimum Gasteiger partial charge on any atom is -0.478 e. The molecule has 1 fully saturated rings. The van der Waals surface area contributed by atoms with E-state index in [0.717, 1.165) is 0 Å². The van der Waals surface area contributed by atoms with Crippen LogP contribution in [0.4, 0.5) is 4.39 Å². The Kier molecular flexibility index (Phi) is 3.81. The molecule has 5 heteroatoms. The zero-order valence-electron chi connectivity index (χ0n) is 10.2. The second kappa shape index (κ2) is 5.35. The van der Waals surface area contributed by atoms with Crippen molar-refractivity contribution in [3.8, 4) is 5.75 Å². The molecule has 18 heavy (non-hydrogen) atoms. The number of hydrogen-bond acceptors (Lipinski definition) is 3. The molecule has 1 aromatic rings. The number of aliphatic hydroxyl groups is 1. The Balaban J connectivity index is 2.01. The molecule has 1 N–H and O–H groups in total. The summed E-state index contributed by atoms with van der Waals surface area (Å²) in [7, 11) is 0. The number of carbonyl (C=O) groups excluding carboxylic acids is 1. The number of carbonyl (C=O) groups is 1. The first-order chi connectivity index (χ1) is 8.61. The van der Waals surface area contributed by atoms with Gasteiger partial charge in [0.2, 0.25) is 0 Å². The summed E-state index contributed by atoms with van der Waals surface area (Å²) in [6.07, 6.45) is -0.686. The van der Waals surface area contributed by atoms with Crippen molar-refractivity contribution in [2.24, 2.45) is 0 Å². The third-order valence-corrected chi connectivity index (χ3v) is 2.93. The lowest BCUT2D eigenvalue weighted by Crippen LogP contribution is -2.57. The molecule has 2 rings (SSSR count). The molecule has 0 bridgehead atoms. The summed E-state index contributed by atoms with van der Waals surface area (Å²) in [6, 6.07) is 6.01. The van der Waals surface area contributed by atoms with Gasteiger partial charge in [0.05, 0.1) is 6.10 Å². The number of benzene rings is 1. The van der Waals surface area contributed by atoms with Crippen LogP contribution in [0, 0.1) is 5.82 Å². The maximum Gasteiger partial charge on any atom is 0.263 e. The second-order valence-electron chi connectivity index (χ2n) is 4.34. The summed E-state index contributed by atoms with van der Waals surface area (Å²) in [5, 5.41) is 9.16. The van der Waals surface area contributed by atoms with E-state index in [9.17, 15) is 9.18 Å². The number of halogens is 1. The standard InChI is InChI=1S/C13H16FNO3/c1-2-11(13(17)15-7-9(16)8-15)18-12-6-4-3-5-10(12)14/h3-6,9,11,16H,2,7-8H2,1H3. The van der Waals surface area contributed by atoms with Crippen molar-refractivity contribution in [3.05, 3.63) is 30.1 Å². The minimum absolute atomic E-state index is 0.0822. The fourth-order valence-electron chi connectivity index (χ4n) is 1.84. The Bertz CT molecular complexity index is 432. The topological polar surface area (TPSA) is 49.8 Å². The molecule has 4 nitrogen and oxygen atoms in total. The number of nitrogens with zero attached hydrogens (tertiary/aromatic N) is 1. The molecule has 0 spiro atoms. The van der Waals surface area contributed by atoms with Crippen LogP contribution < -0.4 is 4.74 Å². The van der Waals surface area contributed by atoms with E-state index < -0.39 is 18.0 Å². The van der Waals surface area contributed by atoms with Crippen molar-refractivity contribution < 1.29 is 19.0 Å². The van der Waals surface area contributed by atoms with Gasteiger partial charge in [-0.15, -0.1) is 0 Å². The van der Waals surface area contributed by atoms with Gasteiger partial charge in [0, 0.05) is 13.1 Å². The predicted octanol–water partition coefficient (Wildman–Crippen LogP) is 1.19. The van der Waals surface area contributed by atoms with E-state index in [1.807, 2.05) is 0 Å². The quantitative estimate of drug-likeness (QED) is 0.876. The molecule has 1 unspecified atom stereocenters. The third-order valence-electron chi connectivity index (χ3n) is 2.93. The van der Waals surface area contributed by atoms with Gasteiger partial charge in [-0.1, -0.05) is 19.1 Å². The Labute approximate surface area is 105 Å². The molecule has 0 saturated carbocycles. The molecular formula is C13H16FNO3. The number of likely N-dealkylation sites (tertiary alicyclic amines) is 1. The highest BCUT2D eigenvalue weighted by Gasteiger charge is 2.33. The third kappa shape index (κ3) is 2.61. The molecule has 1 amide bonds. The van der Waals surface area contributed by atoms with E-state index in [4.69, 9.17) is 9.84 Å². The monoisotopic (exact) mass is 253 g/mol. The van der Waals surface area contributed by atoms with Crippen molar-refractivity contribution in [2.75, 3.05) is 13.1 Å². The van der Waals surface area contributed by atoms with Gasteiger partial charge in [0.25, 0.3) is 5.91 Å². The largest absolute Gasteiger partial charge is 0.478 e. The van der Waals surface area contributed by atoms with Crippen LogP contribution >= 0.6 is 0 Å². The van der Waals surface area contributed by atoms with Crippen molar-refractivity contribution >= 4 is 5.91 Å². The molecule has 1 aromatic carbocycles. The number of hydrogen-bond donors (Lipinski definition) is 1. The zero-order valence-corrected chi connectivity index (χ0v) is 10.2. The maximum absolute atomic E-state index is 13.4. The summed E-state index contributed by atoms with van der Waals surface area (Å²) in [5.41, 5.74) is 0. The Morgan fingerprint density at radius 1 is 1.56 bits per heavy atom. The highest BCUT2D eigenvalue weighted by Crippen LogP contribution is 2.20. The van der Waals surface area contributed by atoms with Crippen LogP contribution in [0.1, 0.15) is 13.3 Å². The average molecular weight is 253 g/mol. The summed E-state index contributed by atoms with van der Waals surface area (Å²) in [6.45, 7) is 2.46. The van der Waals surface area contributed by atoms with Crippen molar-refractivity contribution in [3.63, 3.8) is 0 Å². The van der Waals surface area contributed by atoms with E-state index in [0.29, 0.717) is 19.5 Å². The zero-order chi connectivity index (χ0) is 13.1. The van der Waals surface area contributed by atoms with Gasteiger partial charge < -0.3 is 14.7 Å². The molecule has 1 aliphatic rings. The van der Waals surface area contributed by atoms with Crippen LogP contribution in [0.15, 0.2) is 24.3 Å². The number of rotatable bonds is 4. The average Bonchev–Trinajstić information content (AvgIpc) is 2.33. The van der Waals surface area contributed by atoms with Crippen molar-refractivity contribution in [1.29, 1.82) is 0 Å². The molecule has 0 aromatic heterocycles. The van der Waals surface area contributed by atoms with Crippen LogP contribution in [0.3, 0.4) is 0 Å². The Hall–Kier alpha value is -1.62.